The van der Waals surface area contributed by atoms with E-state index in [1.54, 1.807) is 0 Å². The van der Waals surface area contributed by atoms with Crippen LogP contribution in [-0.4, -0.2) is 42.3 Å². The molecule has 0 fully saturated rings. The maximum absolute atomic E-state index is 10.6. The van der Waals surface area contributed by atoms with Gasteiger partial charge >= 0.3 is 12.1 Å². The largest absolute Gasteiger partial charge is 0.465 e. The van der Waals surface area contributed by atoms with Crippen LogP contribution >= 0.6 is 0 Å². The Morgan fingerprint density at radius 1 is 0.833 bits per heavy atom. The number of carbonyl (C=O) groups is 1. The zero-order chi connectivity index (χ0) is 18.3. The van der Waals surface area contributed by atoms with E-state index < -0.39 is 6.09 Å². The van der Waals surface area contributed by atoms with Gasteiger partial charge in [-0.3, -0.25) is 4.48 Å². The molecule has 0 heterocycles. The molecular formula is C19H40N3O2+. The first-order chi connectivity index (χ1) is 11.4. The first-order valence-corrected chi connectivity index (χ1v) is 9.82. The van der Waals surface area contributed by atoms with Crippen molar-refractivity contribution in [2.24, 2.45) is 0 Å². The summed E-state index contributed by atoms with van der Waals surface area (Å²) >= 11 is 0. The van der Waals surface area contributed by atoms with Gasteiger partial charge in [0.15, 0.2) is 0 Å². The van der Waals surface area contributed by atoms with Gasteiger partial charge in [0.2, 0.25) is 0 Å². The molecule has 142 valence electrons. The van der Waals surface area contributed by atoms with Crippen molar-refractivity contribution in [1.82, 2.24) is 5.32 Å². The van der Waals surface area contributed by atoms with Gasteiger partial charge in [-0.2, -0.15) is 0 Å². The predicted octanol–water partition coefficient (Wildman–Crippen LogP) is 5.36. The zero-order valence-electron chi connectivity index (χ0n) is 16.2. The lowest BCUT2D eigenvalue weighted by Crippen LogP contribution is -2.53. The molecule has 0 unspecified atom stereocenters. The number of rotatable bonds is 14. The summed E-state index contributed by atoms with van der Waals surface area (Å²) in [5.41, 5.74) is 0. The molecule has 0 rings (SSSR count). The summed E-state index contributed by atoms with van der Waals surface area (Å²) in [4.78, 5) is 10.6. The van der Waals surface area contributed by atoms with Crippen LogP contribution in [0.15, 0.2) is 0 Å². The number of nitrogens with one attached hydrogen (secondary N) is 2. The Morgan fingerprint density at radius 2 is 1.21 bits per heavy atom. The van der Waals surface area contributed by atoms with E-state index in [0.29, 0.717) is 4.48 Å². The first-order valence-electron chi connectivity index (χ1n) is 9.82. The Morgan fingerprint density at radius 3 is 1.58 bits per heavy atom. The molecule has 0 spiro atoms. The van der Waals surface area contributed by atoms with E-state index >= 15 is 0 Å². The number of guanidine groups is 1. The van der Waals surface area contributed by atoms with E-state index in [0.717, 1.165) is 13.0 Å². The summed E-state index contributed by atoms with van der Waals surface area (Å²) in [7, 11) is 3.75. The third-order valence-electron chi connectivity index (χ3n) is 4.65. The molecule has 0 aromatic rings. The van der Waals surface area contributed by atoms with Gasteiger partial charge in [0.25, 0.3) is 0 Å². The molecule has 0 aromatic carbocycles. The minimum atomic E-state index is -1.16. The minimum Gasteiger partial charge on any atom is -0.465 e. The molecule has 1 amide bonds. The quantitative estimate of drug-likeness (QED) is 0.172. The van der Waals surface area contributed by atoms with Crippen LogP contribution in [0.3, 0.4) is 0 Å². The molecule has 0 aliphatic heterocycles. The average Bonchev–Trinajstić information content (AvgIpc) is 2.51. The van der Waals surface area contributed by atoms with Crippen molar-refractivity contribution in [3.63, 3.8) is 0 Å². The van der Waals surface area contributed by atoms with Crippen molar-refractivity contribution in [2.45, 2.75) is 90.4 Å². The van der Waals surface area contributed by atoms with E-state index in [4.69, 9.17) is 10.5 Å². The lowest BCUT2D eigenvalue weighted by atomic mass is 10.0. The number of carboxylic acid groups (broad SMARTS) is 1. The summed E-state index contributed by atoms with van der Waals surface area (Å²) in [5, 5.41) is 18.6. The highest BCUT2D eigenvalue weighted by Crippen LogP contribution is 2.13. The molecule has 0 saturated carbocycles. The third-order valence-corrected chi connectivity index (χ3v) is 4.65. The van der Waals surface area contributed by atoms with Crippen LogP contribution in [0.5, 0.6) is 0 Å². The number of hydrogen-bond donors (Lipinski definition) is 3. The van der Waals surface area contributed by atoms with E-state index in [1.807, 2.05) is 14.1 Å². The van der Waals surface area contributed by atoms with Gasteiger partial charge in [-0.1, -0.05) is 77.6 Å². The van der Waals surface area contributed by atoms with Crippen LogP contribution in [0.25, 0.3) is 0 Å². The van der Waals surface area contributed by atoms with Gasteiger partial charge in [-0.05, 0) is 12.8 Å². The maximum atomic E-state index is 10.6. The van der Waals surface area contributed by atoms with Crippen molar-refractivity contribution >= 4 is 12.1 Å². The summed E-state index contributed by atoms with van der Waals surface area (Å²) < 4.78 is 0.296. The number of nitrogens with zero attached hydrogens (tertiary/aromatic N) is 1. The second-order valence-electron chi connectivity index (χ2n) is 7.43. The fourth-order valence-corrected chi connectivity index (χ4v) is 2.89. The Bertz CT molecular complexity index is 344. The molecule has 0 aromatic heterocycles. The van der Waals surface area contributed by atoms with Crippen LogP contribution in [-0.2, 0) is 0 Å². The monoisotopic (exact) mass is 342 g/mol. The van der Waals surface area contributed by atoms with Crippen molar-refractivity contribution in [3.8, 4) is 0 Å². The number of quaternary nitrogens is 1. The highest BCUT2D eigenvalue weighted by Gasteiger charge is 2.23. The van der Waals surface area contributed by atoms with E-state index in [-0.39, 0.29) is 5.96 Å². The lowest BCUT2D eigenvalue weighted by molar-refractivity contribution is -0.802. The smallest absolute Gasteiger partial charge is 0.414 e. The van der Waals surface area contributed by atoms with Crippen LogP contribution in [0, 0.1) is 5.41 Å². The normalized spacial score (nSPS) is 11.5. The van der Waals surface area contributed by atoms with Gasteiger partial charge in [0.05, 0.1) is 20.6 Å². The third kappa shape index (κ3) is 13.3. The molecule has 0 bridgehead atoms. The Kier molecular flexibility index (Phi) is 13.6. The van der Waals surface area contributed by atoms with Crippen molar-refractivity contribution in [3.05, 3.63) is 0 Å². The van der Waals surface area contributed by atoms with E-state index in [1.165, 1.54) is 77.0 Å². The van der Waals surface area contributed by atoms with Crippen molar-refractivity contribution in [1.29, 1.82) is 5.41 Å². The van der Waals surface area contributed by atoms with Crippen molar-refractivity contribution in [2.75, 3.05) is 20.6 Å². The SMILES string of the molecule is CCCCCCCCCCCCCCC[N+](C)(C)C(=N)NC(=O)O. The van der Waals surface area contributed by atoms with Crippen LogP contribution < -0.4 is 5.32 Å². The van der Waals surface area contributed by atoms with E-state index in [2.05, 4.69) is 12.2 Å². The molecule has 24 heavy (non-hydrogen) atoms. The predicted molar refractivity (Wildman–Crippen MR) is 102 cm³/mol. The van der Waals surface area contributed by atoms with Crippen LogP contribution in [0.2, 0.25) is 0 Å². The molecular weight excluding hydrogens is 302 g/mol. The summed E-state index contributed by atoms with van der Waals surface area (Å²) in [6, 6.07) is 0. The first kappa shape index (κ1) is 22.9. The molecule has 5 nitrogen and oxygen atoms in total. The van der Waals surface area contributed by atoms with E-state index in [9.17, 15) is 4.79 Å². The van der Waals surface area contributed by atoms with Crippen molar-refractivity contribution < 1.29 is 14.4 Å². The molecule has 0 aliphatic carbocycles. The Labute approximate surface area is 148 Å². The van der Waals surface area contributed by atoms with Crippen LogP contribution in [0.4, 0.5) is 4.79 Å². The summed E-state index contributed by atoms with van der Waals surface area (Å²) in [6.07, 6.45) is 16.0. The highest BCUT2D eigenvalue weighted by atomic mass is 16.4. The highest BCUT2D eigenvalue weighted by molar-refractivity contribution is 5.87. The van der Waals surface area contributed by atoms with Gasteiger partial charge in [0.1, 0.15) is 0 Å². The van der Waals surface area contributed by atoms with Gasteiger partial charge < -0.3 is 5.11 Å². The standard InChI is InChI=1S/C19H39N3O2/c1-4-5-6-7-8-9-10-11-12-13-14-15-16-17-22(2,3)18(20)21-19(23)24/h4-17H2,1-3H3,(H2-,20,21,23,24)/p+1. The van der Waals surface area contributed by atoms with Gasteiger partial charge in [-0.15, -0.1) is 0 Å². The molecule has 0 radical (unpaired) electrons. The van der Waals surface area contributed by atoms with Gasteiger partial charge in [-0.25, -0.2) is 15.5 Å². The van der Waals surface area contributed by atoms with Gasteiger partial charge in [0, 0.05) is 0 Å². The fraction of sp³-hybridized carbons (Fsp3) is 0.895. The summed E-state index contributed by atoms with van der Waals surface area (Å²) in [5.74, 6) is 0.0430. The fourth-order valence-electron chi connectivity index (χ4n) is 2.89. The second kappa shape index (κ2) is 14.3. The molecule has 0 atom stereocenters. The zero-order valence-corrected chi connectivity index (χ0v) is 16.2. The topological polar surface area (TPSA) is 73.2 Å². The maximum Gasteiger partial charge on any atom is 0.414 e. The number of hydrogen-bond acceptors (Lipinski definition) is 2. The molecule has 3 N–H and O–H groups in total. The minimum absolute atomic E-state index is 0.0430. The lowest BCUT2D eigenvalue weighted by Gasteiger charge is -2.28. The molecule has 0 aliphatic rings. The second-order valence-corrected chi connectivity index (χ2v) is 7.43. The molecule has 5 heteroatoms. The Balaban J connectivity index is 3.41. The summed E-state index contributed by atoms with van der Waals surface area (Å²) in [6.45, 7) is 3.06. The number of amides is 1. The van der Waals surface area contributed by atoms with Crippen LogP contribution in [0.1, 0.15) is 90.4 Å². The molecule has 0 saturated heterocycles. The Hall–Kier alpha value is -1.10. The average molecular weight is 343 g/mol. The number of unbranched alkanes of at least 4 members (excludes halogenated alkanes) is 12.